The first-order valence-electron chi connectivity index (χ1n) is 12.1. The number of carbonyl (C=O) groups excluding carboxylic acids is 2. The summed E-state index contributed by atoms with van der Waals surface area (Å²) in [6.07, 6.45) is 2.27. The van der Waals surface area contributed by atoms with E-state index in [2.05, 4.69) is 5.32 Å². The molecular formula is C27H39N3O4S. The molecule has 0 saturated carbocycles. The molecule has 0 aromatic heterocycles. The van der Waals surface area contributed by atoms with Crippen LogP contribution in [0.4, 0.5) is 5.69 Å². The number of sulfonamides is 1. The quantitative estimate of drug-likeness (QED) is 0.502. The molecule has 0 radical (unpaired) electrons. The van der Waals surface area contributed by atoms with E-state index in [4.69, 9.17) is 0 Å². The van der Waals surface area contributed by atoms with Crippen LogP contribution < -0.4 is 9.62 Å². The van der Waals surface area contributed by atoms with Gasteiger partial charge in [0.15, 0.2) is 0 Å². The smallest absolute Gasteiger partial charge is 0.244 e. The Morgan fingerprint density at radius 2 is 1.63 bits per heavy atom. The van der Waals surface area contributed by atoms with Gasteiger partial charge < -0.3 is 10.2 Å². The van der Waals surface area contributed by atoms with Crippen LogP contribution in [0.5, 0.6) is 0 Å². The summed E-state index contributed by atoms with van der Waals surface area (Å²) in [7, 11) is -3.75. The zero-order valence-electron chi connectivity index (χ0n) is 22.0. The average Bonchev–Trinajstić information content (AvgIpc) is 2.76. The van der Waals surface area contributed by atoms with Crippen LogP contribution in [-0.4, -0.2) is 50.0 Å². The van der Waals surface area contributed by atoms with Crippen molar-refractivity contribution in [2.24, 2.45) is 0 Å². The van der Waals surface area contributed by atoms with Crippen molar-refractivity contribution in [1.29, 1.82) is 0 Å². The van der Waals surface area contributed by atoms with E-state index in [1.807, 2.05) is 77.9 Å². The summed E-state index contributed by atoms with van der Waals surface area (Å²) < 4.78 is 26.7. The van der Waals surface area contributed by atoms with Gasteiger partial charge in [0.25, 0.3) is 0 Å². The zero-order chi connectivity index (χ0) is 26.3. The molecule has 0 fully saturated rings. The van der Waals surface area contributed by atoms with Gasteiger partial charge in [0.1, 0.15) is 12.6 Å². The normalized spacial score (nSPS) is 13.1. The van der Waals surface area contributed by atoms with Crippen LogP contribution in [0.3, 0.4) is 0 Å². The SMILES string of the molecule is CC[C@H](C(=O)N[C@@H](C)CC)N(Cc1cccc(C)c1)C(=O)CN(c1ccc(C)cc1C)S(C)(=O)=O. The lowest BCUT2D eigenvalue weighted by atomic mass is 10.1. The van der Waals surface area contributed by atoms with E-state index in [9.17, 15) is 18.0 Å². The Kier molecular flexibility index (Phi) is 9.89. The molecule has 0 aliphatic rings. The molecule has 0 aliphatic heterocycles. The largest absolute Gasteiger partial charge is 0.352 e. The molecule has 2 aromatic carbocycles. The third-order valence-electron chi connectivity index (χ3n) is 6.12. The molecular weight excluding hydrogens is 462 g/mol. The van der Waals surface area contributed by atoms with Crippen LogP contribution in [0.1, 0.15) is 55.9 Å². The second kappa shape index (κ2) is 12.2. The lowest BCUT2D eigenvalue weighted by Gasteiger charge is -2.33. The van der Waals surface area contributed by atoms with Gasteiger partial charge in [-0.1, -0.05) is 61.4 Å². The van der Waals surface area contributed by atoms with E-state index in [-0.39, 0.29) is 25.0 Å². The standard InChI is InChI=1S/C27H39N3O4S/c1-8-22(6)28-27(32)24(9-2)29(17-23-12-10-11-19(3)16-23)26(31)18-30(35(7,33)34)25-14-13-20(4)15-21(25)5/h10-16,22,24H,8-9,17-18H2,1-7H3,(H,28,32)/t22-,24+/m0/s1. The first-order chi connectivity index (χ1) is 16.4. The Morgan fingerprint density at radius 1 is 0.971 bits per heavy atom. The van der Waals surface area contributed by atoms with Crippen LogP contribution in [0.2, 0.25) is 0 Å². The minimum atomic E-state index is -3.75. The molecule has 2 amide bonds. The Balaban J connectivity index is 2.47. The summed E-state index contributed by atoms with van der Waals surface area (Å²) in [6, 6.07) is 12.4. The van der Waals surface area contributed by atoms with Crippen LogP contribution in [0.15, 0.2) is 42.5 Å². The average molecular weight is 502 g/mol. The van der Waals surface area contributed by atoms with E-state index in [1.165, 1.54) is 4.90 Å². The first-order valence-corrected chi connectivity index (χ1v) is 13.9. The maximum absolute atomic E-state index is 13.7. The summed E-state index contributed by atoms with van der Waals surface area (Å²) in [5, 5.41) is 2.98. The van der Waals surface area contributed by atoms with Gasteiger partial charge in [0, 0.05) is 12.6 Å². The van der Waals surface area contributed by atoms with Crippen molar-refractivity contribution in [2.45, 2.75) is 73.0 Å². The van der Waals surface area contributed by atoms with Gasteiger partial charge in [-0.2, -0.15) is 0 Å². The summed E-state index contributed by atoms with van der Waals surface area (Å²) in [5.41, 5.74) is 4.14. The highest BCUT2D eigenvalue weighted by Gasteiger charge is 2.32. The number of anilines is 1. The molecule has 2 rings (SSSR count). The van der Waals surface area contributed by atoms with E-state index in [1.54, 1.807) is 6.07 Å². The van der Waals surface area contributed by atoms with Gasteiger partial charge in [0.2, 0.25) is 21.8 Å². The number of benzene rings is 2. The number of amides is 2. The van der Waals surface area contributed by atoms with Gasteiger partial charge in [-0.3, -0.25) is 13.9 Å². The topological polar surface area (TPSA) is 86.8 Å². The lowest BCUT2D eigenvalue weighted by molar-refractivity contribution is -0.140. The van der Waals surface area contributed by atoms with Crippen molar-refractivity contribution in [3.8, 4) is 0 Å². The van der Waals surface area contributed by atoms with Crippen molar-refractivity contribution >= 4 is 27.5 Å². The Labute approximate surface area is 210 Å². The molecule has 7 nitrogen and oxygen atoms in total. The molecule has 1 N–H and O–H groups in total. The Bertz CT molecular complexity index is 1150. The predicted octanol–water partition coefficient (Wildman–Crippen LogP) is 4.10. The molecule has 0 bridgehead atoms. The molecule has 0 aliphatic carbocycles. The molecule has 2 aromatic rings. The van der Waals surface area contributed by atoms with Crippen molar-refractivity contribution < 1.29 is 18.0 Å². The fraction of sp³-hybridized carbons (Fsp3) is 0.481. The molecule has 35 heavy (non-hydrogen) atoms. The maximum atomic E-state index is 13.7. The highest BCUT2D eigenvalue weighted by Crippen LogP contribution is 2.24. The summed E-state index contributed by atoms with van der Waals surface area (Å²) in [4.78, 5) is 28.4. The number of hydrogen-bond donors (Lipinski definition) is 1. The molecule has 0 saturated heterocycles. The van der Waals surface area contributed by atoms with E-state index < -0.39 is 22.0 Å². The molecule has 0 unspecified atom stereocenters. The van der Waals surface area contributed by atoms with E-state index in [0.29, 0.717) is 12.1 Å². The Morgan fingerprint density at radius 3 is 2.17 bits per heavy atom. The van der Waals surface area contributed by atoms with Gasteiger partial charge >= 0.3 is 0 Å². The van der Waals surface area contributed by atoms with Gasteiger partial charge in [-0.05, 0) is 57.7 Å². The van der Waals surface area contributed by atoms with Crippen LogP contribution >= 0.6 is 0 Å². The Hall–Kier alpha value is -2.87. The first kappa shape index (κ1) is 28.4. The summed E-state index contributed by atoms with van der Waals surface area (Å²) in [6.45, 7) is 11.3. The molecule has 2 atom stereocenters. The minimum Gasteiger partial charge on any atom is -0.352 e. The van der Waals surface area contributed by atoms with E-state index >= 15 is 0 Å². The van der Waals surface area contributed by atoms with Crippen molar-refractivity contribution in [1.82, 2.24) is 10.2 Å². The van der Waals surface area contributed by atoms with Crippen LogP contribution in [-0.2, 0) is 26.2 Å². The third-order valence-corrected chi connectivity index (χ3v) is 7.25. The second-order valence-corrected chi connectivity index (χ2v) is 11.2. The highest BCUT2D eigenvalue weighted by atomic mass is 32.2. The predicted molar refractivity (Wildman–Crippen MR) is 142 cm³/mol. The number of nitrogens with zero attached hydrogens (tertiary/aromatic N) is 2. The fourth-order valence-corrected chi connectivity index (χ4v) is 4.95. The third kappa shape index (κ3) is 7.82. The van der Waals surface area contributed by atoms with Crippen molar-refractivity contribution in [3.63, 3.8) is 0 Å². The summed E-state index contributed by atoms with van der Waals surface area (Å²) in [5.74, 6) is -0.664. The number of carbonyl (C=O) groups is 2. The minimum absolute atomic E-state index is 0.0322. The van der Waals surface area contributed by atoms with Gasteiger partial charge in [0.05, 0.1) is 11.9 Å². The lowest BCUT2D eigenvalue weighted by Crippen LogP contribution is -2.53. The zero-order valence-corrected chi connectivity index (χ0v) is 22.8. The second-order valence-electron chi connectivity index (χ2n) is 9.31. The van der Waals surface area contributed by atoms with Crippen molar-refractivity contribution in [2.75, 3.05) is 17.1 Å². The number of aryl methyl sites for hydroxylation is 3. The number of hydrogen-bond acceptors (Lipinski definition) is 4. The number of rotatable bonds is 11. The fourth-order valence-electron chi connectivity index (χ4n) is 4.05. The molecule has 0 spiro atoms. The molecule has 0 heterocycles. The van der Waals surface area contributed by atoms with Crippen LogP contribution in [0.25, 0.3) is 0 Å². The van der Waals surface area contributed by atoms with E-state index in [0.717, 1.165) is 39.2 Å². The summed E-state index contributed by atoms with van der Waals surface area (Å²) >= 11 is 0. The van der Waals surface area contributed by atoms with Gasteiger partial charge in [-0.15, -0.1) is 0 Å². The number of nitrogens with one attached hydrogen (secondary N) is 1. The van der Waals surface area contributed by atoms with Crippen molar-refractivity contribution in [3.05, 3.63) is 64.7 Å². The highest BCUT2D eigenvalue weighted by molar-refractivity contribution is 7.92. The van der Waals surface area contributed by atoms with Crippen LogP contribution in [0, 0.1) is 20.8 Å². The molecule has 8 heteroatoms. The monoisotopic (exact) mass is 501 g/mol. The maximum Gasteiger partial charge on any atom is 0.244 e. The molecule has 192 valence electrons. The van der Waals surface area contributed by atoms with Gasteiger partial charge in [-0.25, -0.2) is 8.42 Å².